The molecular formula is C9H9N2O2P. The van der Waals surface area contributed by atoms with Crippen LogP contribution in [-0.4, -0.2) is 9.44 Å². The van der Waals surface area contributed by atoms with Gasteiger partial charge in [0, 0.05) is 17.1 Å². The molecule has 4 nitrogen and oxygen atoms in total. The molecule has 0 bridgehead atoms. The molecule has 1 unspecified atom stereocenters. The van der Waals surface area contributed by atoms with Crippen molar-refractivity contribution in [1.29, 1.82) is 0 Å². The Morgan fingerprint density at radius 2 is 2.07 bits per heavy atom. The van der Waals surface area contributed by atoms with Crippen molar-refractivity contribution in [2.45, 2.75) is 0 Å². The molecule has 0 aliphatic carbocycles. The monoisotopic (exact) mass is 208 g/mol. The van der Waals surface area contributed by atoms with Crippen molar-refractivity contribution in [2.75, 3.05) is 5.73 Å². The summed E-state index contributed by atoms with van der Waals surface area (Å²) in [4.78, 5) is 11.3. The van der Waals surface area contributed by atoms with Gasteiger partial charge >= 0.3 is 0 Å². The molecule has 5 heteroatoms. The Labute approximate surface area is 82.2 Å². The van der Waals surface area contributed by atoms with Gasteiger partial charge in [0.25, 0.3) is 5.56 Å². The lowest BCUT2D eigenvalue weighted by atomic mass is 10.1. The highest BCUT2D eigenvalue weighted by atomic mass is 31.0. The van der Waals surface area contributed by atoms with E-state index in [0.29, 0.717) is 16.5 Å². The summed E-state index contributed by atoms with van der Waals surface area (Å²) in [5.41, 5.74) is 5.85. The van der Waals surface area contributed by atoms with E-state index in [1.807, 2.05) is 0 Å². The molecule has 3 N–H and O–H groups in total. The van der Waals surface area contributed by atoms with Crippen LogP contribution in [0, 0.1) is 0 Å². The lowest BCUT2D eigenvalue weighted by Crippen LogP contribution is -2.10. The van der Waals surface area contributed by atoms with Crippen LogP contribution in [0.5, 0.6) is 5.88 Å². The lowest BCUT2D eigenvalue weighted by Gasteiger charge is -2.05. The molecule has 14 heavy (non-hydrogen) atoms. The fourth-order valence-electron chi connectivity index (χ4n) is 1.34. The Kier molecular flexibility index (Phi) is 1.93. The Balaban J connectivity index is 2.98. The van der Waals surface area contributed by atoms with Gasteiger partial charge in [-0.3, -0.25) is 9.13 Å². The first kappa shape index (κ1) is 9.03. The second kappa shape index (κ2) is 3.00. The first-order chi connectivity index (χ1) is 6.59. The predicted molar refractivity (Wildman–Crippen MR) is 59.4 cm³/mol. The van der Waals surface area contributed by atoms with Crippen LogP contribution in [0.1, 0.15) is 0 Å². The zero-order chi connectivity index (χ0) is 10.3. The van der Waals surface area contributed by atoms with E-state index in [4.69, 9.17) is 5.73 Å². The van der Waals surface area contributed by atoms with Crippen molar-refractivity contribution < 1.29 is 5.11 Å². The van der Waals surface area contributed by atoms with Crippen molar-refractivity contribution >= 4 is 25.9 Å². The summed E-state index contributed by atoms with van der Waals surface area (Å²) < 4.78 is 1.11. The van der Waals surface area contributed by atoms with Crippen LogP contribution in [0.2, 0.25) is 0 Å². The largest absolute Gasteiger partial charge is 0.494 e. The maximum atomic E-state index is 11.3. The normalized spacial score (nSPS) is 10.6. The Morgan fingerprint density at radius 3 is 2.79 bits per heavy atom. The van der Waals surface area contributed by atoms with E-state index in [-0.39, 0.29) is 11.4 Å². The zero-order valence-electron chi connectivity index (χ0n) is 7.27. The highest BCUT2D eigenvalue weighted by Gasteiger charge is 2.05. The molecule has 2 aromatic rings. The van der Waals surface area contributed by atoms with Gasteiger partial charge in [0.05, 0.1) is 0 Å². The second-order valence-corrected chi connectivity index (χ2v) is 3.54. The van der Waals surface area contributed by atoms with Gasteiger partial charge in [-0.15, -0.1) is 0 Å². The van der Waals surface area contributed by atoms with Crippen LogP contribution in [-0.2, 0) is 0 Å². The highest BCUT2D eigenvalue weighted by Crippen LogP contribution is 2.25. The molecule has 0 saturated carbocycles. The predicted octanol–water partition coefficient (Wildman–Crippen LogP) is 0.927. The molecule has 0 amide bonds. The maximum Gasteiger partial charge on any atom is 0.256 e. The van der Waals surface area contributed by atoms with E-state index in [1.54, 1.807) is 18.2 Å². The van der Waals surface area contributed by atoms with E-state index < -0.39 is 0 Å². The molecule has 0 saturated heterocycles. The average Bonchev–Trinajstić information content (AvgIpc) is 2.14. The standard InChI is InChI=1S/C9H9N2O2P/c10-6-1-2-7-5(3-6)4-8(12)11(14)9(7)13/h1-4,13H,10,14H2. The van der Waals surface area contributed by atoms with Crippen LogP contribution in [0.15, 0.2) is 29.1 Å². The van der Waals surface area contributed by atoms with Crippen LogP contribution in [0.25, 0.3) is 10.8 Å². The van der Waals surface area contributed by atoms with Crippen molar-refractivity contribution in [1.82, 2.24) is 4.34 Å². The Bertz CT molecular complexity index is 562. The Hall–Kier alpha value is -1.54. The van der Waals surface area contributed by atoms with E-state index >= 15 is 0 Å². The summed E-state index contributed by atoms with van der Waals surface area (Å²) in [5, 5.41) is 10.9. The first-order valence-corrected chi connectivity index (χ1v) is 4.50. The molecule has 72 valence electrons. The molecule has 0 fully saturated rings. The summed E-state index contributed by atoms with van der Waals surface area (Å²) in [6.45, 7) is 0. The van der Waals surface area contributed by atoms with Gasteiger partial charge in [0.1, 0.15) is 0 Å². The van der Waals surface area contributed by atoms with E-state index in [0.717, 1.165) is 4.34 Å². The molecule has 2 rings (SSSR count). The summed E-state index contributed by atoms with van der Waals surface area (Å²) in [6, 6.07) is 6.44. The lowest BCUT2D eigenvalue weighted by molar-refractivity contribution is 0.452. The molecule has 0 aliphatic rings. The molecular weight excluding hydrogens is 199 g/mol. The SMILES string of the molecule is Nc1ccc2c(O)n(P)c(=O)cc2c1. The van der Waals surface area contributed by atoms with Gasteiger partial charge in [0.2, 0.25) is 5.88 Å². The van der Waals surface area contributed by atoms with E-state index in [9.17, 15) is 9.90 Å². The Morgan fingerprint density at radius 1 is 1.36 bits per heavy atom. The number of hydrogen-bond acceptors (Lipinski definition) is 3. The summed E-state index contributed by atoms with van der Waals surface area (Å²) in [6.07, 6.45) is 0. The summed E-state index contributed by atoms with van der Waals surface area (Å²) in [7, 11) is 2.15. The van der Waals surface area contributed by atoms with Crippen molar-refractivity contribution in [3.05, 3.63) is 34.6 Å². The summed E-state index contributed by atoms with van der Waals surface area (Å²) >= 11 is 0. The number of hydrogen-bond donors (Lipinski definition) is 2. The van der Waals surface area contributed by atoms with Crippen molar-refractivity contribution in [2.24, 2.45) is 0 Å². The van der Waals surface area contributed by atoms with Crippen LogP contribution in [0.3, 0.4) is 0 Å². The number of anilines is 1. The first-order valence-electron chi connectivity index (χ1n) is 3.99. The quantitative estimate of drug-likeness (QED) is 0.499. The third kappa shape index (κ3) is 1.24. The van der Waals surface area contributed by atoms with Gasteiger partial charge in [-0.05, 0) is 33.0 Å². The molecule has 1 aromatic carbocycles. The number of aromatic nitrogens is 1. The molecule has 1 aromatic heterocycles. The third-order valence-electron chi connectivity index (χ3n) is 2.06. The van der Waals surface area contributed by atoms with Crippen LogP contribution < -0.4 is 11.3 Å². The minimum Gasteiger partial charge on any atom is -0.494 e. The number of pyridine rings is 1. The number of nitrogens with zero attached hydrogens (tertiary/aromatic N) is 1. The molecule has 0 radical (unpaired) electrons. The molecule has 1 atom stereocenters. The smallest absolute Gasteiger partial charge is 0.256 e. The number of benzene rings is 1. The summed E-state index contributed by atoms with van der Waals surface area (Å²) in [5.74, 6) is -0.0718. The van der Waals surface area contributed by atoms with Gasteiger partial charge < -0.3 is 10.8 Å². The van der Waals surface area contributed by atoms with Crippen molar-refractivity contribution in [3.8, 4) is 5.88 Å². The number of aromatic hydroxyl groups is 1. The molecule has 1 heterocycles. The van der Waals surface area contributed by atoms with Crippen molar-refractivity contribution in [3.63, 3.8) is 0 Å². The highest BCUT2D eigenvalue weighted by molar-refractivity contribution is 7.14. The number of nitrogens with two attached hydrogens (primary N) is 1. The number of nitrogen functional groups attached to an aromatic ring is 1. The van der Waals surface area contributed by atoms with E-state index in [1.165, 1.54) is 6.07 Å². The van der Waals surface area contributed by atoms with Gasteiger partial charge in [-0.1, -0.05) is 0 Å². The zero-order valence-corrected chi connectivity index (χ0v) is 8.42. The topological polar surface area (TPSA) is 68.2 Å². The fraction of sp³-hybridized carbons (Fsp3) is 0. The third-order valence-corrected chi connectivity index (χ3v) is 2.56. The molecule has 0 aliphatic heterocycles. The van der Waals surface area contributed by atoms with Crippen LogP contribution in [0.4, 0.5) is 5.69 Å². The fourth-order valence-corrected chi connectivity index (χ4v) is 1.55. The minimum absolute atomic E-state index is 0.0718. The number of rotatable bonds is 0. The van der Waals surface area contributed by atoms with Gasteiger partial charge in [-0.25, -0.2) is 0 Å². The van der Waals surface area contributed by atoms with Gasteiger partial charge in [0.15, 0.2) is 0 Å². The maximum absolute atomic E-state index is 11.3. The van der Waals surface area contributed by atoms with Crippen LogP contribution >= 0.6 is 9.39 Å². The van der Waals surface area contributed by atoms with E-state index in [2.05, 4.69) is 9.39 Å². The van der Waals surface area contributed by atoms with Gasteiger partial charge in [-0.2, -0.15) is 0 Å². The average molecular weight is 208 g/mol. The second-order valence-electron chi connectivity index (χ2n) is 3.02. The minimum atomic E-state index is -0.286. The molecule has 0 spiro atoms. The number of fused-ring (bicyclic) bond motifs is 1.